The summed E-state index contributed by atoms with van der Waals surface area (Å²) in [5.41, 5.74) is 8.62. The second-order valence-electron chi connectivity index (χ2n) is 5.94. The number of hydrogen-bond donors (Lipinski definition) is 1. The van der Waals surface area contributed by atoms with Gasteiger partial charge in [-0.1, -0.05) is 25.1 Å². The van der Waals surface area contributed by atoms with Gasteiger partial charge in [-0.3, -0.25) is 9.58 Å². The van der Waals surface area contributed by atoms with Crippen LogP contribution in [0, 0.1) is 5.92 Å². The van der Waals surface area contributed by atoms with Gasteiger partial charge in [0.15, 0.2) is 0 Å². The average molecular weight is 272 g/mol. The third kappa shape index (κ3) is 2.45. The molecule has 1 aliphatic heterocycles. The first kappa shape index (κ1) is 13.6. The van der Waals surface area contributed by atoms with Crippen molar-refractivity contribution in [3.05, 3.63) is 30.0 Å². The van der Waals surface area contributed by atoms with Crippen molar-refractivity contribution >= 4 is 10.9 Å². The van der Waals surface area contributed by atoms with Crippen LogP contribution < -0.4 is 5.73 Å². The summed E-state index contributed by atoms with van der Waals surface area (Å²) in [5.74, 6) is 0.635. The van der Waals surface area contributed by atoms with Crippen molar-refractivity contribution in [3.63, 3.8) is 0 Å². The van der Waals surface area contributed by atoms with Crippen molar-refractivity contribution in [2.24, 2.45) is 11.7 Å². The maximum absolute atomic E-state index is 6.20. The Morgan fingerprint density at radius 3 is 2.90 bits per heavy atom. The van der Waals surface area contributed by atoms with Crippen molar-refractivity contribution in [1.82, 2.24) is 14.7 Å². The minimum absolute atomic E-state index is 0.295. The van der Waals surface area contributed by atoms with Gasteiger partial charge in [-0.2, -0.15) is 5.10 Å². The number of benzene rings is 1. The maximum Gasteiger partial charge on any atom is 0.0843 e. The Bertz CT molecular complexity index is 589. The second-order valence-corrected chi connectivity index (χ2v) is 5.94. The molecule has 2 N–H and O–H groups in total. The molecule has 1 aromatic heterocycles. The summed E-state index contributed by atoms with van der Waals surface area (Å²) in [7, 11) is 0. The van der Waals surface area contributed by atoms with E-state index in [0.717, 1.165) is 26.2 Å². The second kappa shape index (κ2) is 5.54. The molecule has 2 aromatic rings. The first-order valence-electron chi connectivity index (χ1n) is 7.61. The fourth-order valence-electron chi connectivity index (χ4n) is 3.08. The van der Waals surface area contributed by atoms with Crippen LogP contribution in [0.4, 0.5) is 0 Å². The van der Waals surface area contributed by atoms with Crippen LogP contribution in [-0.4, -0.2) is 33.8 Å². The quantitative estimate of drug-likeness (QED) is 0.932. The standard InChI is InChI=1S/C16H24N4/c1-3-20-16-7-5-4-6-13(16)15(18-20)11-19-9-8-12(2)14(17)10-19/h4-7,12,14H,3,8-11,17H2,1-2H3. The third-order valence-corrected chi connectivity index (χ3v) is 4.51. The number of aromatic nitrogens is 2. The summed E-state index contributed by atoms with van der Waals surface area (Å²) in [4.78, 5) is 2.44. The third-order valence-electron chi connectivity index (χ3n) is 4.51. The van der Waals surface area contributed by atoms with Crippen molar-refractivity contribution < 1.29 is 0 Å². The molecule has 0 bridgehead atoms. The molecule has 2 heterocycles. The Hall–Kier alpha value is -1.39. The summed E-state index contributed by atoms with van der Waals surface area (Å²) >= 11 is 0. The summed E-state index contributed by atoms with van der Waals surface area (Å²) in [6.07, 6.45) is 1.19. The Morgan fingerprint density at radius 1 is 1.35 bits per heavy atom. The summed E-state index contributed by atoms with van der Waals surface area (Å²) in [6, 6.07) is 8.80. The highest BCUT2D eigenvalue weighted by atomic mass is 15.3. The lowest BCUT2D eigenvalue weighted by Gasteiger charge is -2.34. The van der Waals surface area contributed by atoms with E-state index >= 15 is 0 Å². The molecule has 3 rings (SSSR count). The molecular weight excluding hydrogens is 248 g/mol. The van der Waals surface area contributed by atoms with Crippen LogP contribution in [0.2, 0.25) is 0 Å². The van der Waals surface area contributed by atoms with E-state index in [1.165, 1.54) is 23.0 Å². The van der Waals surface area contributed by atoms with Gasteiger partial charge in [0.1, 0.15) is 0 Å². The normalized spacial score (nSPS) is 24.4. The predicted molar refractivity (Wildman–Crippen MR) is 82.4 cm³/mol. The highest BCUT2D eigenvalue weighted by Gasteiger charge is 2.24. The first-order valence-corrected chi connectivity index (χ1v) is 7.61. The van der Waals surface area contributed by atoms with Crippen LogP contribution in [0.15, 0.2) is 24.3 Å². The zero-order valence-electron chi connectivity index (χ0n) is 12.4. The molecule has 0 aliphatic carbocycles. The molecule has 0 radical (unpaired) electrons. The molecule has 4 heteroatoms. The van der Waals surface area contributed by atoms with Crippen molar-refractivity contribution in [2.75, 3.05) is 13.1 Å². The number of nitrogens with two attached hydrogens (primary N) is 1. The number of piperidine rings is 1. The van der Waals surface area contributed by atoms with Gasteiger partial charge in [-0.25, -0.2) is 0 Å². The lowest BCUT2D eigenvalue weighted by Crippen LogP contribution is -2.47. The smallest absolute Gasteiger partial charge is 0.0843 e. The fourth-order valence-corrected chi connectivity index (χ4v) is 3.08. The zero-order valence-corrected chi connectivity index (χ0v) is 12.4. The van der Waals surface area contributed by atoms with Crippen molar-refractivity contribution in [2.45, 2.75) is 39.4 Å². The summed E-state index contributed by atoms with van der Waals surface area (Å²) in [6.45, 7) is 8.33. The molecule has 1 fully saturated rings. The predicted octanol–water partition coefficient (Wildman–Crippen LogP) is 2.23. The zero-order chi connectivity index (χ0) is 14.1. The molecule has 20 heavy (non-hydrogen) atoms. The molecule has 1 saturated heterocycles. The van der Waals surface area contributed by atoms with Gasteiger partial charge in [-0.15, -0.1) is 0 Å². The minimum atomic E-state index is 0.295. The van der Waals surface area contributed by atoms with Gasteiger partial charge < -0.3 is 5.73 Å². The van der Waals surface area contributed by atoms with E-state index in [1.807, 2.05) is 0 Å². The molecule has 0 amide bonds. The SMILES string of the molecule is CCn1nc(CN2CCC(C)C(N)C2)c2ccccc21. The van der Waals surface area contributed by atoms with Gasteiger partial charge in [0, 0.05) is 31.1 Å². The molecule has 1 aliphatic rings. The van der Waals surface area contributed by atoms with Crippen molar-refractivity contribution in [3.8, 4) is 0 Å². The molecule has 2 atom stereocenters. The van der Waals surface area contributed by atoms with Crippen molar-refractivity contribution in [1.29, 1.82) is 0 Å². The van der Waals surface area contributed by atoms with Crippen LogP contribution in [0.25, 0.3) is 10.9 Å². The highest BCUT2D eigenvalue weighted by molar-refractivity contribution is 5.81. The topological polar surface area (TPSA) is 47.1 Å². The van der Waals surface area contributed by atoms with E-state index in [0.29, 0.717) is 12.0 Å². The van der Waals surface area contributed by atoms with E-state index in [4.69, 9.17) is 10.8 Å². The van der Waals surface area contributed by atoms with E-state index in [-0.39, 0.29) is 0 Å². The summed E-state index contributed by atoms with van der Waals surface area (Å²) < 4.78 is 2.09. The van der Waals surface area contributed by atoms with Gasteiger partial charge in [0.2, 0.25) is 0 Å². The molecule has 0 saturated carbocycles. The Labute approximate surface area is 120 Å². The number of likely N-dealkylation sites (tertiary alicyclic amines) is 1. The van der Waals surface area contributed by atoms with Crippen LogP contribution in [0.3, 0.4) is 0 Å². The molecule has 4 nitrogen and oxygen atoms in total. The monoisotopic (exact) mass is 272 g/mol. The largest absolute Gasteiger partial charge is 0.326 e. The van der Waals surface area contributed by atoms with Crippen LogP contribution in [0.1, 0.15) is 26.0 Å². The number of aryl methyl sites for hydroxylation is 1. The van der Waals surface area contributed by atoms with Gasteiger partial charge in [-0.05, 0) is 31.9 Å². The molecular formula is C16H24N4. The number of rotatable bonds is 3. The van der Waals surface area contributed by atoms with Gasteiger partial charge in [0.05, 0.1) is 11.2 Å². The van der Waals surface area contributed by atoms with E-state index in [2.05, 4.69) is 47.7 Å². The Kier molecular flexibility index (Phi) is 3.76. The van der Waals surface area contributed by atoms with Crippen LogP contribution in [0.5, 0.6) is 0 Å². The summed E-state index contributed by atoms with van der Waals surface area (Å²) in [5, 5.41) is 6.06. The van der Waals surface area contributed by atoms with Crippen LogP contribution in [-0.2, 0) is 13.1 Å². The molecule has 1 aromatic carbocycles. The number of fused-ring (bicyclic) bond motifs is 1. The Balaban J connectivity index is 1.84. The van der Waals surface area contributed by atoms with E-state index in [1.54, 1.807) is 0 Å². The van der Waals surface area contributed by atoms with Gasteiger partial charge >= 0.3 is 0 Å². The maximum atomic E-state index is 6.20. The fraction of sp³-hybridized carbons (Fsp3) is 0.562. The lowest BCUT2D eigenvalue weighted by molar-refractivity contribution is 0.161. The highest BCUT2D eigenvalue weighted by Crippen LogP contribution is 2.22. The molecule has 2 unspecified atom stereocenters. The van der Waals surface area contributed by atoms with Crippen LogP contribution >= 0.6 is 0 Å². The first-order chi connectivity index (χ1) is 9.69. The van der Waals surface area contributed by atoms with E-state index < -0.39 is 0 Å². The molecule has 0 spiro atoms. The average Bonchev–Trinajstić information content (AvgIpc) is 2.81. The van der Waals surface area contributed by atoms with E-state index in [9.17, 15) is 0 Å². The number of hydrogen-bond acceptors (Lipinski definition) is 3. The number of nitrogens with zero attached hydrogens (tertiary/aromatic N) is 3. The lowest BCUT2D eigenvalue weighted by atomic mass is 9.94. The Morgan fingerprint density at radius 2 is 2.15 bits per heavy atom. The molecule has 108 valence electrons. The van der Waals surface area contributed by atoms with Gasteiger partial charge in [0.25, 0.3) is 0 Å². The number of para-hydroxylation sites is 1. The minimum Gasteiger partial charge on any atom is -0.326 e.